The fourth-order valence-electron chi connectivity index (χ4n) is 2.90. The van der Waals surface area contributed by atoms with E-state index in [1.54, 1.807) is 14.2 Å². The number of ether oxygens (including phenoxy) is 1. The summed E-state index contributed by atoms with van der Waals surface area (Å²) >= 11 is 0. The van der Waals surface area contributed by atoms with Gasteiger partial charge in [-0.3, -0.25) is 4.99 Å². The molecule has 5 nitrogen and oxygen atoms in total. The molecule has 2 aromatic rings. The van der Waals surface area contributed by atoms with Crippen molar-refractivity contribution in [3.63, 3.8) is 0 Å². The Kier molecular flexibility index (Phi) is 10.3. The Labute approximate surface area is 185 Å². The number of guanidine groups is 1. The quantitative estimate of drug-likeness (QED) is 0.297. The zero-order valence-electron chi connectivity index (χ0n) is 17.1. The molecular formula is C22H32IN3O2. The molecule has 0 amide bonds. The van der Waals surface area contributed by atoms with Gasteiger partial charge in [0.1, 0.15) is 5.75 Å². The van der Waals surface area contributed by atoms with Gasteiger partial charge < -0.3 is 20.5 Å². The topological polar surface area (TPSA) is 65.9 Å². The van der Waals surface area contributed by atoms with Crippen molar-refractivity contribution >= 4 is 29.9 Å². The van der Waals surface area contributed by atoms with Gasteiger partial charge in [-0.2, -0.15) is 0 Å². The first-order valence-corrected chi connectivity index (χ1v) is 9.25. The molecule has 0 spiro atoms. The number of methoxy groups -OCH3 is 1. The fraction of sp³-hybridized carbons (Fsp3) is 0.409. The maximum atomic E-state index is 9.71. The molecule has 2 rings (SSSR count). The zero-order valence-corrected chi connectivity index (χ0v) is 19.4. The van der Waals surface area contributed by atoms with Crippen molar-refractivity contribution in [3.8, 4) is 5.75 Å². The second-order valence-corrected chi connectivity index (χ2v) is 7.21. The van der Waals surface area contributed by atoms with Crippen molar-refractivity contribution < 1.29 is 9.84 Å². The fourth-order valence-corrected chi connectivity index (χ4v) is 2.90. The van der Waals surface area contributed by atoms with Crippen molar-refractivity contribution in [2.45, 2.75) is 25.2 Å². The van der Waals surface area contributed by atoms with E-state index < -0.39 is 0 Å². The number of halogens is 1. The molecule has 3 N–H and O–H groups in total. The number of aliphatic hydroxyl groups is 1. The van der Waals surface area contributed by atoms with Gasteiger partial charge in [0, 0.05) is 31.5 Å². The SMILES string of the molecule is CN=C(NCC(CO)c1ccccc1)NCC(C)(C)c1ccc(OC)cc1.I. The summed E-state index contributed by atoms with van der Waals surface area (Å²) in [5.41, 5.74) is 2.27. The van der Waals surface area contributed by atoms with Gasteiger partial charge in [0.05, 0.1) is 13.7 Å². The molecule has 0 saturated carbocycles. The molecule has 0 fully saturated rings. The van der Waals surface area contributed by atoms with Crippen LogP contribution in [0.15, 0.2) is 59.6 Å². The van der Waals surface area contributed by atoms with E-state index in [2.05, 4.69) is 41.6 Å². The van der Waals surface area contributed by atoms with Gasteiger partial charge in [-0.1, -0.05) is 56.3 Å². The molecule has 1 unspecified atom stereocenters. The van der Waals surface area contributed by atoms with E-state index in [1.807, 2.05) is 42.5 Å². The average Bonchev–Trinajstić information content (AvgIpc) is 2.71. The molecule has 1 atom stereocenters. The third kappa shape index (κ3) is 6.98. The highest BCUT2D eigenvalue weighted by atomic mass is 127. The normalized spacial score (nSPS) is 12.7. The van der Waals surface area contributed by atoms with Crippen LogP contribution < -0.4 is 15.4 Å². The van der Waals surface area contributed by atoms with Gasteiger partial charge >= 0.3 is 0 Å². The summed E-state index contributed by atoms with van der Waals surface area (Å²) in [6.45, 7) is 5.81. The van der Waals surface area contributed by atoms with Crippen LogP contribution in [-0.2, 0) is 5.41 Å². The molecule has 0 saturated heterocycles. The molecule has 154 valence electrons. The monoisotopic (exact) mass is 497 g/mol. The van der Waals surface area contributed by atoms with E-state index in [9.17, 15) is 5.11 Å². The highest BCUT2D eigenvalue weighted by molar-refractivity contribution is 14.0. The van der Waals surface area contributed by atoms with E-state index >= 15 is 0 Å². The lowest BCUT2D eigenvalue weighted by Gasteiger charge is -2.27. The number of nitrogens with zero attached hydrogens (tertiary/aromatic N) is 1. The smallest absolute Gasteiger partial charge is 0.191 e. The minimum Gasteiger partial charge on any atom is -0.497 e. The van der Waals surface area contributed by atoms with Gasteiger partial charge in [-0.15, -0.1) is 24.0 Å². The van der Waals surface area contributed by atoms with Crippen molar-refractivity contribution in [3.05, 3.63) is 65.7 Å². The lowest BCUT2D eigenvalue weighted by Crippen LogP contribution is -2.44. The number of aliphatic imine (C=N–C) groups is 1. The molecule has 28 heavy (non-hydrogen) atoms. The molecule has 0 aliphatic rings. The van der Waals surface area contributed by atoms with Crippen LogP contribution in [0.5, 0.6) is 5.75 Å². The van der Waals surface area contributed by atoms with Crippen LogP contribution >= 0.6 is 24.0 Å². The van der Waals surface area contributed by atoms with Crippen LogP contribution in [0, 0.1) is 0 Å². The predicted molar refractivity (Wildman–Crippen MR) is 127 cm³/mol. The van der Waals surface area contributed by atoms with Crippen LogP contribution in [0.3, 0.4) is 0 Å². The van der Waals surface area contributed by atoms with Crippen molar-refractivity contribution in [2.24, 2.45) is 4.99 Å². The molecule has 2 aromatic carbocycles. The zero-order chi connectivity index (χ0) is 19.7. The summed E-state index contributed by atoms with van der Waals surface area (Å²) < 4.78 is 5.23. The summed E-state index contributed by atoms with van der Waals surface area (Å²) in [6.07, 6.45) is 0. The largest absolute Gasteiger partial charge is 0.497 e. The minimum absolute atomic E-state index is 0. The molecule has 0 aliphatic carbocycles. The van der Waals surface area contributed by atoms with E-state index in [0.717, 1.165) is 23.8 Å². The van der Waals surface area contributed by atoms with Crippen LogP contribution in [-0.4, -0.2) is 44.9 Å². The second kappa shape index (κ2) is 11.9. The average molecular weight is 497 g/mol. The minimum atomic E-state index is -0.0697. The standard InChI is InChI=1S/C22H31N3O2.HI/c1-22(2,19-10-12-20(27-4)13-11-19)16-25-21(23-3)24-14-18(15-26)17-8-6-5-7-9-17;/h5-13,18,26H,14-16H2,1-4H3,(H2,23,24,25);1H. The Hall–Kier alpha value is -1.80. The highest BCUT2D eigenvalue weighted by Crippen LogP contribution is 2.24. The van der Waals surface area contributed by atoms with Crippen molar-refractivity contribution in [1.82, 2.24) is 10.6 Å². The Morgan fingerprint density at radius 1 is 1.07 bits per heavy atom. The molecule has 6 heteroatoms. The Morgan fingerprint density at radius 3 is 2.25 bits per heavy atom. The molecule has 0 heterocycles. The summed E-state index contributed by atoms with van der Waals surface area (Å²) in [5.74, 6) is 1.61. The number of hydrogen-bond acceptors (Lipinski definition) is 3. The van der Waals surface area contributed by atoms with Crippen LogP contribution in [0.1, 0.15) is 30.9 Å². The molecule has 0 bridgehead atoms. The Balaban J connectivity index is 0.00000392. The Bertz CT molecular complexity index is 718. The van der Waals surface area contributed by atoms with Gasteiger partial charge in [0.2, 0.25) is 0 Å². The number of nitrogens with one attached hydrogen (secondary N) is 2. The van der Waals surface area contributed by atoms with Crippen molar-refractivity contribution in [1.29, 1.82) is 0 Å². The maximum absolute atomic E-state index is 9.71. The molecule has 0 aromatic heterocycles. The van der Waals surface area contributed by atoms with Gasteiger partial charge in [-0.25, -0.2) is 0 Å². The van der Waals surface area contributed by atoms with Crippen LogP contribution in [0.25, 0.3) is 0 Å². The highest BCUT2D eigenvalue weighted by Gasteiger charge is 2.21. The predicted octanol–water partition coefficient (Wildman–Crippen LogP) is 3.53. The summed E-state index contributed by atoms with van der Waals surface area (Å²) in [5, 5.41) is 16.4. The van der Waals surface area contributed by atoms with E-state index in [0.29, 0.717) is 6.54 Å². The third-order valence-corrected chi connectivity index (χ3v) is 4.80. The lowest BCUT2D eigenvalue weighted by molar-refractivity contribution is 0.265. The first-order chi connectivity index (χ1) is 13.0. The van der Waals surface area contributed by atoms with E-state index in [1.165, 1.54) is 5.56 Å². The lowest BCUT2D eigenvalue weighted by atomic mass is 9.84. The first-order valence-electron chi connectivity index (χ1n) is 9.25. The first kappa shape index (κ1) is 24.2. The summed E-state index contributed by atoms with van der Waals surface area (Å²) in [4.78, 5) is 4.30. The van der Waals surface area contributed by atoms with Crippen LogP contribution in [0.4, 0.5) is 0 Å². The number of hydrogen-bond donors (Lipinski definition) is 3. The molecular weight excluding hydrogens is 465 g/mol. The van der Waals surface area contributed by atoms with E-state index in [-0.39, 0.29) is 41.9 Å². The number of rotatable bonds is 8. The van der Waals surface area contributed by atoms with Gasteiger partial charge in [-0.05, 0) is 23.3 Å². The summed E-state index contributed by atoms with van der Waals surface area (Å²) in [7, 11) is 3.43. The van der Waals surface area contributed by atoms with E-state index in [4.69, 9.17) is 4.74 Å². The van der Waals surface area contributed by atoms with Gasteiger partial charge in [0.25, 0.3) is 0 Å². The third-order valence-electron chi connectivity index (χ3n) is 4.80. The second-order valence-electron chi connectivity index (χ2n) is 7.21. The van der Waals surface area contributed by atoms with Crippen molar-refractivity contribution in [2.75, 3.05) is 33.9 Å². The number of aliphatic hydroxyl groups excluding tert-OH is 1. The summed E-state index contributed by atoms with van der Waals surface area (Å²) in [6, 6.07) is 18.2. The number of benzene rings is 2. The molecule has 0 aliphatic heterocycles. The Morgan fingerprint density at radius 2 is 1.71 bits per heavy atom. The maximum Gasteiger partial charge on any atom is 0.191 e. The van der Waals surface area contributed by atoms with Crippen LogP contribution in [0.2, 0.25) is 0 Å². The van der Waals surface area contributed by atoms with Gasteiger partial charge in [0.15, 0.2) is 5.96 Å². The molecule has 0 radical (unpaired) electrons.